The lowest BCUT2D eigenvalue weighted by molar-refractivity contribution is -0.149. The standard InChI is InChI=1S/C17H23NO6/c1-10(2)15(18)17(21)22-9-11(3)23-16(20)13-5-7-14(8-6-13)24-12(4)19/h5-8,10-11,15H,9,18H2,1-4H3/t11?,15-/m0/s1. The first-order chi connectivity index (χ1) is 11.2. The molecule has 1 aromatic carbocycles. The van der Waals surface area contributed by atoms with Crippen molar-refractivity contribution in [2.24, 2.45) is 11.7 Å². The van der Waals surface area contributed by atoms with Crippen molar-refractivity contribution in [3.63, 3.8) is 0 Å². The molecule has 0 radical (unpaired) electrons. The van der Waals surface area contributed by atoms with Crippen LogP contribution in [0.3, 0.4) is 0 Å². The lowest BCUT2D eigenvalue weighted by Gasteiger charge is -2.17. The second-order valence-corrected chi connectivity index (χ2v) is 5.73. The van der Waals surface area contributed by atoms with Gasteiger partial charge in [-0.05, 0) is 37.1 Å². The maximum Gasteiger partial charge on any atom is 0.338 e. The van der Waals surface area contributed by atoms with E-state index in [0.717, 1.165) is 0 Å². The molecule has 0 saturated carbocycles. The summed E-state index contributed by atoms with van der Waals surface area (Å²) in [6.07, 6.45) is -0.617. The Hall–Kier alpha value is -2.41. The van der Waals surface area contributed by atoms with Gasteiger partial charge in [0.2, 0.25) is 0 Å². The van der Waals surface area contributed by atoms with Crippen molar-refractivity contribution in [3.8, 4) is 5.75 Å². The second kappa shape index (κ2) is 9.02. The SMILES string of the molecule is CC(=O)Oc1ccc(C(=O)OC(C)COC(=O)[C@@H](N)C(C)C)cc1. The molecule has 0 aliphatic carbocycles. The first-order valence-corrected chi connectivity index (χ1v) is 7.62. The second-order valence-electron chi connectivity index (χ2n) is 5.73. The summed E-state index contributed by atoms with van der Waals surface area (Å²) >= 11 is 0. The highest BCUT2D eigenvalue weighted by atomic mass is 16.6. The topological polar surface area (TPSA) is 105 Å². The van der Waals surface area contributed by atoms with Crippen LogP contribution in [0.1, 0.15) is 38.1 Å². The van der Waals surface area contributed by atoms with E-state index < -0.39 is 30.1 Å². The molecule has 0 aliphatic rings. The fraction of sp³-hybridized carbons (Fsp3) is 0.471. The van der Waals surface area contributed by atoms with Crippen LogP contribution in [0.4, 0.5) is 0 Å². The minimum Gasteiger partial charge on any atom is -0.461 e. The van der Waals surface area contributed by atoms with Gasteiger partial charge in [-0.2, -0.15) is 0 Å². The molecule has 0 fully saturated rings. The highest BCUT2D eigenvalue weighted by molar-refractivity contribution is 5.89. The lowest BCUT2D eigenvalue weighted by Crippen LogP contribution is -2.38. The van der Waals surface area contributed by atoms with Crippen LogP contribution in [-0.2, 0) is 19.1 Å². The minimum atomic E-state index is -0.707. The Morgan fingerprint density at radius 2 is 1.67 bits per heavy atom. The van der Waals surface area contributed by atoms with Crippen molar-refractivity contribution < 1.29 is 28.6 Å². The van der Waals surface area contributed by atoms with Gasteiger partial charge in [-0.15, -0.1) is 0 Å². The maximum absolute atomic E-state index is 12.0. The average Bonchev–Trinajstić information content (AvgIpc) is 2.51. The molecular formula is C17H23NO6. The molecular weight excluding hydrogens is 314 g/mol. The van der Waals surface area contributed by atoms with Crippen molar-refractivity contribution in [1.29, 1.82) is 0 Å². The van der Waals surface area contributed by atoms with E-state index in [1.54, 1.807) is 6.92 Å². The van der Waals surface area contributed by atoms with Gasteiger partial charge in [0.1, 0.15) is 24.5 Å². The van der Waals surface area contributed by atoms with Crippen LogP contribution in [0.2, 0.25) is 0 Å². The quantitative estimate of drug-likeness (QED) is 0.596. The first-order valence-electron chi connectivity index (χ1n) is 7.62. The first kappa shape index (κ1) is 19.6. The molecule has 0 heterocycles. The van der Waals surface area contributed by atoms with Crippen LogP contribution in [0.25, 0.3) is 0 Å². The third-order valence-corrected chi connectivity index (χ3v) is 3.11. The molecule has 7 nitrogen and oxygen atoms in total. The van der Waals surface area contributed by atoms with Crippen LogP contribution < -0.4 is 10.5 Å². The monoisotopic (exact) mass is 337 g/mol. The largest absolute Gasteiger partial charge is 0.461 e. The Morgan fingerprint density at radius 3 is 2.17 bits per heavy atom. The van der Waals surface area contributed by atoms with Crippen molar-refractivity contribution in [1.82, 2.24) is 0 Å². The zero-order valence-electron chi connectivity index (χ0n) is 14.3. The van der Waals surface area contributed by atoms with Crippen LogP contribution in [0.15, 0.2) is 24.3 Å². The molecule has 0 aromatic heterocycles. The highest BCUT2D eigenvalue weighted by Gasteiger charge is 2.20. The van der Waals surface area contributed by atoms with E-state index in [1.807, 2.05) is 13.8 Å². The summed E-state index contributed by atoms with van der Waals surface area (Å²) in [4.78, 5) is 34.5. The Morgan fingerprint density at radius 1 is 1.08 bits per heavy atom. The summed E-state index contributed by atoms with van der Waals surface area (Å²) in [5.74, 6) is -1.24. The van der Waals surface area contributed by atoms with Crippen LogP contribution in [0.5, 0.6) is 5.75 Å². The van der Waals surface area contributed by atoms with Gasteiger partial charge in [-0.1, -0.05) is 13.8 Å². The summed E-state index contributed by atoms with van der Waals surface area (Å²) < 4.78 is 15.1. The predicted molar refractivity (Wildman–Crippen MR) is 86.4 cm³/mol. The third-order valence-electron chi connectivity index (χ3n) is 3.11. The van der Waals surface area contributed by atoms with Crippen LogP contribution in [-0.4, -0.2) is 36.7 Å². The molecule has 7 heteroatoms. The van der Waals surface area contributed by atoms with Gasteiger partial charge in [-0.3, -0.25) is 9.59 Å². The van der Waals surface area contributed by atoms with Gasteiger partial charge in [0.25, 0.3) is 0 Å². The number of rotatable bonds is 7. The number of nitrogens with two attached hydrogens (primary N) is 1. The van der Waals surface area contributed by atoms with Gasteiger partial charge in [0.15, 0.2) is 0 Å². The molecule has 1 unspecified atom stereocenters. The summed E-state index contributed by atoms with van der Waals surface area (Å²) in [6.45, 7) is 6.45. The van der Waals surface area contributed by atoms with E-state index >= 15 is 0 Å². The molecule has 2 atom stereocenters. The molecule has 132 valence electrons. The molecule has 2 N–H and O–H groups in total. The van der Waals surface area contributed by atoms with E-state index in [9.17, 15) is 14.4 Å². The van der Waals surface area contributed by atoms with Crippen molar-refractivity contribution in [2.45, 2.75) is 39.8 Å². The number of esters is 3. The molecule has 0 amide bonds. The Kier molecular flexibility index (Phi) is 7.38. The van der Waals surface area contributed by atoms with E-state index in [0.29, 0.717) is 11.3 Å². The fourth-order valence-electron chi connectivity index (χ4n) is 1.68. The van der Waals surface area contributed by atoms with E-state index in [1.165, 1.54) is 31.2 Å². The number of benzene rings is 1. The Labute approximate surface area is 141 Å². The number of hydrogen-bond acceptors (Lipinski definition) is 7. The van der Waals surface area contributed by atoms with Gasteiger partial charge in [0.05, 0.1) is 5.56 Å². The summed E-state index contributed by atoms with van der Waals surface area (Å²) in [5.41, 5.74) is 5.96. The van der Waals surface area contributed by atoms with Crippen LogP contribution in [0, 0.1) is 5.92 Å². The number of ether oxygens (including phenoxy) is 3. The van der Waals surface area contributed by atoms with E-state index in [4.69, 9.17) is 19.9 Å². The van der Waals surface area contributed by atoms with Gasteiger partial charge >= 0.3 is 17.9 Å². The number of carbonyl (C=O) groups is 3. The number of carbonyl (C=O) groups excluding carboxylic acids is 3. The van der Waals surface area contributed by atoms with Gasteiger partial charge in [0, 0.05) is 6.92 Å². The molecule has 0 aliphatic heterocycles. The smallest absolute Gasteiger partial charge is 0.338 e. The van der Waals surface area contributed by atoms with Gasteiger partial charge < -0.3 is 19.9 Å². The van der Waals surface area contributed by atoms with Crippen LogP contribution >= 0.6 is 0 Å². The highest BCUT2D eigenvalue weighted by Crippen LogP contribution is 2.14. The summed E-state index contributed by atoms with van der Waals surface area (Å²) in [7, 11) is 0. The fourth-order valence-corrected chi connectivity index (χ4v) is 1.68. The maximum atomic E-state index is 12.0. The zero-order chi connectivity index (χ0) is 18.3. The molecule has 1 rings (SSSR count). The minimum absolute atomic E-state index is 0.0360. The lowest BCUT2D eigenvalue weighted by atomic mass is 10.1. The molecule has 0 bridgehead atoms. The van der Waals surface area contributed by atoms with Crippen molar-refractivity contribution in [3.05, 3.63) is 29.8 Å². The molecule has 24 heavy (non-hydrogen) atoms. The van der Waals surface area contributed by atoms with Crippen molar-refractivity contribution >= 4 is 17.9 Å². The zero-order valence-corrected chi connectivity index (χ0v) is 14.3. The molecule has 0 saturated heterocycles. The third kappa shape index (κ3) is 6.37. The van der Waals surface area contributed by atoms with Crippen molar-refractivity contribution in [2.75, 3.05) is 6.61 Å². The average molecular weight is 337 g/mol. The Bertz CT molecular complexity index is 581. The predicted octanol–water partition coefficient (Wildman–Crippen LogP) is 1.68. The summed E-state index contributed by atoms with van der Waals surface area (Å²) in [5, 5.41) is 0. The molecule has 1 aromatic rings. The van der Waals surface area contributed by atoms with E-state index in [-0.39, 0.29) is 12.5 Å². The van der Waals surface area contributed by atoms with Gasteiger partial charge in [-0.25, -0.2) is 4.79 Å². The molecule has 0 spiro atoms. The normalized spacial score (nSPS) is 13.1. The number of hydrogen-bond donors (Lipinski definition) is 1. The summed E-state index contributed by atoms with van der Waals surface area (Å²) in [6, 6.07) is 5.23. The Balaban J connectivity index is 2.49. The van der Waals surface area contributed by atoms with E-state index in [2.05, 4.69) is 0 Å².